The standard InChI is InChI=1S/C41H74O5/c1-4-7-10-13-15-17-19-20-21-22-23-24-26-29-31-34-40(42)45-38-39(46-41(43)35-32-28-12-9-6-3)37-44-36-33-30-27-25-18-16-14-11-8-5-2/h7,10,15,17,20-21,39H,4-6,8-9,11-14,16,18-19,22-38H2,1-3H3/b10-7-,17-15-,21-20-. The van der Waals surface area contributed by atoms with Gasteiger partial charge in [0.15, 0.2) is 6.10 Å². The van der Waals surface area contributed by atoms with Gasteiger partial charge in [0.05, 0.1) is 6.61 Å². The van der Waals surface area contributed by atoms with Crippen molar-refractivity contribution >= 4 is 11.9 Å². The minimum Gasteiger partial charge on any atom is -0.462 e. The van der Waals surface area contributed by atoms with Crippen LogP contribution < -0.4 is 0 Å². The predicted molar refractivity (Wildman–Crippen MR) is 196 cm³/mol. The minimum absolute atomic E-state index is 0.0788. The van der Waals surface area contributed by atoms with E-state index in [9.17, 15) is 9.59 Å². The SMILES string of the molecule is CC/C=C\C/C=C\C/C=C\CCCCCCCC(=O)OCC(COCCCCCCCCCCCC)OC(=O)CCCCCCC. The molecule has 5 nitrogen and oxygen atoms in total. The number of hydrogen-bond donors (Lipinski definition) is 0. The number of carbonyl (C=O) groups is 2. The van der Waals surface area contributed by atoms with Gasteiger partial charge in [-0.1, -0.05) is 160 Å². The fourth-order valence-electron chi connectivity index (χ4n) is 5.29. The lowest BCUT2D eigenvalue weighted by Gasteiger charge is -2.18. The summed E-state index contributed by atoms with van der Waals surface area (Å²) >= 11 is 0. The molecule has 0 aromatic carbocycles. The van der Waals surface area contributed by atoms with Crippen LogP contribution in [0.1, 0.15) is 188 Å². The molecule has 0 fully saturated rings. The number of allylic oxidation sites excluding steroid dienone is 6. The van der Waals surface area contributed by atoms with Gasteiger partial charge >= 0.3 is 11.9 Å². The van der Waals surface area contributed by atoms with Gasteiger partial charge in [-0.2, -0.15) is 0 Å². The van der Waals surface area contributed by atoms with E-state index in [0.29, 0.717) is 19.4 Å². The van der Waals surface area contributed by atoms with E-state index >= 15 is 0 Å². The highest BCUT2D eigenvalue weighted by atomic mass is 16.6. The second-order valence-corrected chi connectivity index (χ2v) is 12.8. The Morgan fingerprint density at radius 3 is 1.57 bits per heavy atom. The molecule has 0 aliphatic carbocycles. The number of esters is 2. The first-order valence-corrected chi connectivity index (χ1v) is 19.5. The van der Waals surface area contributed by atoms with E-state index in [1.807, 2.05) is 0 Å². The van der Waals surface area contributed by atoms with Crippen molar-refractivity contribution in [3.05, 3.63) is 36.5 Å². The topological polar surface area (TPSA) is 61.8 Å². The molecule has 1 unspecified atom stereocenters. The van der Waals surface area contributed by atoms with E-state index in [1.165, 1.54) is 77.0 Å². The average molecular weight is 647 g/mol. The fourth-order valence-corrected chi connectivity index (χ4v) is 5.29. The van der Waals surface area contributed by atoms with Crippen molar-refractivity contribution in [2.24, 2.45) is 0 Å². The van der Waals surface area contributed by atoms with E-state index in [0.717, 1.165) is 77.0 Å². The number of hydrogen-bond acceptors (Lipinski definition) is 5. The maximum absolute atomic E-state index is 12.5. The molecule has 0 amide bonds. The summed E-state index contributed by atoms with van der Waals surface area (Å²) in [6.45, 7) is 7.62. The van der Waals surface area contributed by atoms with Gasteiger partial charge in [0.1, 0.15) is 6.61 Å². The van der Waals surface area contributed by atoms with Crippen LogP contribution in [0.4, 0.5) is 0 Å². The Morgan fingerprint density at radius 2 is 0.978 bits per heavy atom. The van der Waals surface area contributed by atoms with Gasteiger partial charge in [-0.25, -0.2) is 0 Å². The molecule has 0 aliphatic heterocycles. The first kappa shape index (κ1) is 44.1. The van der Waals surface area contributed by atoms with Crippen LogP contribution >= 0.6 is 0 Å². The molecule has 268 valence electrons. The number of rotatable bonds is 35. The summed E-state index contributed by atoms with van der Waals surface area (Å²) in [5, 5.41) is 0. The maximum Gasteiger partial charge on any atom is 0.306 e. The summed E-state index contributed by atoms with van der Waals surface area (Å²) in [5.74, 6) is -0.428. The molecule has 0 saturated carbocycles. The summed E-state index contributed by atoms with van der Waals surface area (Å²) in [4.78, 5) is 24.8. The van der Waals surface area contributed by atoms with E-state index in [-0.39, 0.29) is 25.2 Å². The smallest absolute Gasteiger partial charge is 0.306 e. The first-order chi connectivity index (χ1) is 22.6. The van der Waals surface area contributed by atoms with Gasteiger partial charge < -0.3 is 14.2 Å². The van der Waals surface area contributed by atoms with Crippen LogP contribution in [0.15, 0.2) is 36.5 Å². The van der Waals surface area contributed by atoms with Crippen molar-refractivity contribution in [3.8, 4) is 0 Å². The largest absolute Gasteiger partial charge is 0.462 e. The summed E-state index contributed by atoms with van der Waals surface area (Å²) in [6, 6.07) is 0. The molecule has 5 heteroatoms. The predicted octanol–water partition coefficient (Wildman–Crippen LogP) is 12.3. The Balaban J connectivity index is 4.12. The van der Waals surface area contributed by atoms with Crippen molar-refractivity contribution in [3.63, 3.8) is 0 Å². The molecule has 0 aromatic heterocycles. The van der Waals surface area contributed by atoms with E-state index in [4.69, 9.17) is 14.2 Å². The molecule has 0 aliphatic rings. The van der Waals surface area contributed by atoms with Crippen molar-refractivity contribution in [2.75, 3.05) is 19.8 Å². The number of unbranched alkanes of at least 4 members (excludes halogenated alkanes) is 18. The molecule has 0 bridgehead atoms. The minimum atomic E-state index is -0.531. The Hall–Kier alpha value is -1.88. The van der Waals surface area contributed by atoms with Crippen LogP contribution in [-0.2, 0) is 23.8 Å². The zero-order valence-electron chi connectivity index (χ0n) is 30.6. The van der Waals surface area contributed by atoms with Crippen LogP contribution in [0.5, 0.6) is 0 Å². The lowest BCUT2D eigenvalue weighted by molar-refractivity contribution is -0.163. The second kappa shape index (κ2) is 37.6. The second-order valence-electron chi connectivity index (χ2n) is 12.8. The summed E-state index contributed by atoms with van der Waals surface area (Å²) < 4.78 is 17.1. The molecule has 0 aromatic rings. The molecule has 0 spiro atoms. The first-order valence-electron chi connectivity index (χ1n) is 19.5. The van der Waals surface area contributed by atoms with Crippen LogP contribution in [-0.4, -0.2) is 37.9 Å². The number of ether oxygens (including phenoxy) is 3. The quantitative estimate of drug-likeness (QED) is 0.0389. The van der Waals surface area contributed by atoms with Crippen LogP contribution in [0.3, 0.4) is 0 Å². The lowest BCUT2D eigenvalue weighted by atomic mass is 10.1. The molecule has 0 rings (SSSR count). The third-order valence-corrected chi connectivity index (χ3v) is 8.19. The molecule has 0 radical (unpaired) electrons. The third kappa shape index (κ3) is 35.0. The van der Waals surface area contributed by atoms with Gasteiger partial charge in [0.25, 0.3) is 0 Å². The summed E-state index contributed by atoms with van der Waals surface area (Å²) in [6.07, 6.45) is 41.6. The maximum atomic E-state index is 12.5. The van der Waals surface area contributed by atoms with Crippen molar-refractivity contribution in [1.29, 1.82) is 0 Å². The van der Waals surface area contributed by atoms with Crippen molar-refractivity contribution in [2.45, 2.75) is 194 Å². The summed E-state index contributed by atoms with van der Waals surface area (Å²) in [5.41, 5.74) is 0. The van der Waals surface area contributed by atoms with E-state index in [2.05, 4.69) is 57.2 Å². The Labute approximate surface area is 285 Å². The third-order valence-electron chi connectivity index (χ3n) is 8.19. The molecular weight excluding hydrogens is 572 g/mol. The van der Waals surface area contributed by atoms with Crippen LogP contribution in [0, 0.1) is 0 Å². The zero-order chi connectivity index (χ0) is 33.6. The normalized spacial score (nSPS) is 12.5. The van der Waals surface area contributed by atoms with Gasteiger partial charge in [-0.05, 0) is 51.4 Å². The van der Waals surface area contributed by atoms with Gasteiger partial charge in [-0.3, -0.25) is 9.59 Å². The highest BCUT2D eigenvalue weighted by Crippen LogP contribution is 2.12. The molecular formula is C41H74O5. The Bertz CT molecular complexity index is 741. The molecule has 0 heterocycles. The van der Waals surface area contributed by atoms with Crippen molar-refractivity contribution in [1.82, 2.24) is 0 Å². The van der Waals surface area contributed by atoms with Crippen molar-refractivity contribution < 1.29 is 23.8 Å². The Morgan fingerprint density at radius 1 is 0.500 bits per heavy atom. The van der Waals surface area contributed by atoms with Gasteiger partial charge in [0, 0.05) is 19.4 Å². The number of carbonyl (C=O) groups excluding carboxylic acids is 2. The van der Waals surface area contributed by atoms with Gasteiger partial charge in [-0.15, -0.1) is 0 Å². The monoisotopic (exact) mass is 647 g/mol. The van der Waals surface area contributed by atoms with E-state index in [1.54, 1.807) is 0 Å². The molecule has 46 heavy (non-hydrogen) atoms. The summed E-state index contributed by atoms with van der Waals surface area (Å²) in [7, 11) is 0. The fraction of sp³-hybridized carbons (Fsp3) is 0.805. The highest BCUT2D eigenvalue weighted by molar-refractivity contribution is 5.70. The van der Waals surface area contributed by atoms with Gasteiger partial charge in [0.2, 0.25) is 0 Å². The Kier molecular flexibility index (Phi) is 36.0. The van der Waals surface area contributed by atoms with Crippen LogP contribution in [0.25, 0.3) is 0 Å². The molecule has 1 atom stereocenters. The molecule has 0 saturated heterocycles. The zero-order valence-corrected chi connectivity index (χ0v) is 30.6. The molecule has 0 N–H and O–H groups in total. The highest BCUT2D eigenvalue weighted by Gasteiger charge is 2.17. The van der Waals surface area contributed by atoms with E-state index < -0.39 is 6.10 Å². The lowest BCUT2D eigenvalue weighted by Crippen LogP contribution is -2.30. The average Bonchev–Trinajstić information content (AvgIpc) is 3.05. The van der Waals surface area contributed by atoms with Crippen LogP contribution in [0.2, 0.25) is 0 Å².